The van der Waals surface area contributed by atoms with Crippen LogP contribution in [0.3, 0.4) is 0 Å². The van der Waals surface area contributed by atoms with E-state index in [1.54, 1.807) is 6.92 Å². The van der Waals surface area contributed by atoms with Gasteiger partial charge in [-0.25, -0.2) is 5.84 Å². The predicted molar refractivity (Wildman–Crippen MR) is 36.8 cm³/mol. The van der Waals surface area contributed by atoms with Gasteiger partial charge in [-0.3, -0.25) is 10.2 Å². The molecule has 60 valence electrons. The van der Waals surface area contributed by atoms with E-state index in [1.165, 1.54) is 7.11 Å². The number of rotatable bonds is 3. The number of nitrogens with two attached hydrogens (primary N) is 2. The highest BCUT2D eigenvalue weighted by Gasteiger charge is 2.27. The smallest absolute Gasteiger partial charge is 0.256 e. The summed E-state index contributed by atoms with van der Waals surface area (Å²) in [5.41, 5.74) is 6.37. The van der Waals surface area contributed by atoms with Crippen LogP contribution in [-0.4, -0.2) is 25.2 Å². The molecule has 0 rings (SSSR count). The second kappa shape index (κ2) is 3.50. The van der Waals surface area contributed by atoms with E-state index >= 15 is 0 Å². The first-order valence-electron chi connectivity index (χ1n) is 2.83. The Morgan fingerprint density at radius 2 is 2.30 bits per heavy atom. The van der Waals surface area contributed by atoms with Gasteiger partial charge in [-0.05, 0) is 6.92 Å². The van der Waals surface area contributed by atoms with Gasteiger partial charge in [-0.2, -0.15) is 0 Å². The zero-order chi connectivity index (χ0) is 8.20. The normalized spacial score (nSPS) is 16.0. The second-order valence-electron chi connectivity index (χ2n) is 2.32. The zero-order valence-corrected chi connectivity index (χ0v) is 6.18. The minimum absolute atomic E-state index is 0.149. The van der Waals surface area contributed by atoms with Gasteiger partial charge in [0.2, 0.25) is 0 Å². The van der Waals surface area contributed by atoms with Gasteiger partial charge in [-0.1, -0.05) is 0 Å². The number of ether oxygens (including phenoxy) is 1. The van der Waals surface area contributed by atoms with Gasteiger partial charge in [0.05, 0.1) is 6.61 Å². The van der Waals surface area contributed by atoms with Crippen molar-refractivity contribution in [3.05, 3.63) is 0 Å². The molecule has 0 bridgehead atoms. The van der Waals surface area contributed by atoms with Crippen LogP contribution in [0.15, 0.2) is 0 Å². The van der Waals surface area contributed by atoms with E-state index in [1.807, 2.05) is 5.43 Å². The van der Waals surface area contributed by atoms with Crippen LogP contribution in [0.1, 0.15) is 6.92 Å². The Morgan fingerprint density at radius 3 is 2.60 bits per heavy atom. The minimum atomic E-state index is -1.04. The fourth-order valence-corrected chi connectivity index (χ4v) is 0.530. The van der Waals surface area contributed by atoms with Gasteiger partial charge in [-0.15, -0.1) is 0 Å². The summed E-state index contributed by atoms with van der Waals surface area (Å²) in [5, 5.41) is 0. The Bertz CT molecular complexity index is 124. The molecule has 0 spiro atoms. The van der Waals surface area contributed by atoms with Gasteiger partial charge in [0.15, 0.2) is 0 Å². The first kappa shape index (κ1) is 9.35. The van der Waals surface area contributed by atoms with Crippen LogP contribution in [0.4, 0.5) is 0 Å². The molecule has 5 nitrogen and oxygen atoms in total. The Labute approximate surface area is 59.7 Å². The first-order valence-corrected chi connectivity index (χ1v) is 2.83. The van der Waals surface area contributed by atoms with E-state index in [0.717, 1.165) is 0 Å². The average molecular weight is 147 g/mol. The summed E-state index contributed by atoms with van der Waals surface area (Å²) in [4.78, 5) is 10.8. The summed E-state index contributed by atoms with van der Waals surface area (Å²) in [5.74, 6) is 4.42. The van der Waals surface area contributed by atoms with Crippen LogP contribution in [0.5, 0.6) is 0 Å². The van der Waals surface area contributed by atoms with Crippen molar-refractivity contribution in [1.29, 1.82) is 0 Å². The summed E-state index contributed by atoms with van der Waals surface area (Å²) in [6.45, 7) is 1.69. The fourth-order valence-electron chi connectivity index (χ4n) is 0.530. The second-order valence-corrected chi connectivity index (χ2v) is 2.32. The van der Waals surface area contributed by atoms with Crippen molar-refractivity contribution in [2.45, 2.75) is 12.5 Å². The molecule has 1 unspecified atom stereocenters. The summed E-state index contributed by atoms with van der Waals surface area (Å²) in [6, 6.07) is 0. The number of hydrazine groups is 1. The molecule has 0 aliphatic heterocycles. The number of amides is 1. The third kappa shape index (κ3) is 2.30. The highest BCUT2D eigenvalue weighted by atomic mass is 16.5. The maximum Gasteiger partial charge on any atom is 0.256 e. The monoisotopic (exact) mass is 147 g/mol. The molecule has 5 N–H and O–H groups in total. The molecule has 0 aromatic rings. The van der Waals surface area contributed by atoms with Gasteiger partial charge < -0.3 is 10.5 Å². The van der Waals surface area contributed by atoms with Crippen molar-refractivity contribution >= 4 is 5.91 Å². The number of hydrogen-bond acceptors (Lipinski definition) is 4. The lowest BCUT2D eigenvalue weighted by Gasteiger charge is -2.20. The van der Waals surface area contributed by atoms with Gasteiger partial charge in [0, 0.05) is 7.11 Å². The summed E-state index contributed by atoms with van der Waals surface area (Å²) in [7, 11) is 1.47. The summed E-state index contributed by atoms with van der Waals surface area (Å²) >= 11 is 0. The van der Waals surface area contributed by atoms with E-state index < -0.39 is 11.4 Å². The van der Waals surface area contributed by atoms with Crippen LogP contribution in [-0.2, 0) is 9.53 Å². The molecule has 0 aromatic carbocycles. The van der Waals surface area contributed by atoms with Gasteiger partial charge in [0.1, 0.15) is 5.54 Å². The number of hydrogen-bond donors (Lipinski definition) is 3. The number of carbonyl (C=O) groups excluding carboxylic acids is 1. The maximum atomic E-state index is 10.8. The summed E-state index contributed by atoms with van der Waals surface area (Å²) in [6.07, 6.45) is 0. The molecule has 0 aliphatic rings. The molecule has 0 radical (unpaired) electrons. The van der Waals surface area contributed by atoms with E-state index in [0.29, 0.717) is 0 Å². The Kier molecular flexibility index (Phi) is 3.27. The van der Waals surface area contributed by atoms with Crippen LogP contribution in [0, 0.1) is 0 Å². The molecular formula is C5H13N3O2. The molecule has 0 saturated carbocycles. The molecule has 0 heterocycles. The Balaban J connectivity index is 3.96. The van der Waals surface area contributed by atoms with Crippen molar-refractivity contribution in [1.82, 2.24) is 5.43 Å². The average Bonchev–Trinajstić information content (AvgIpc) is 1.86. The van der Waals surface area contributed by atoms with Gasteiger partial charge in [0.25, 0.3) is 5.91 Å². The standard InChI is InChI=1S/C5H13N3O2/c1-5(6,3-10-2)4(9)8-7/h3,6-7H2,1-2H3,(H,8,9). The van der Waals surface area contributed by atoms with E-state index in [9.17, 15) is 4.79 Å². The topological polar surface area (TPSA) is 90.4 Å². The highest BCUT2D eigenvalue weighted by Crippen LogP contribution is 1.97. The molecule has 0 aliphatic carbocycles. The fraction of sp³-hybridized carbons (Fsp3) is 0.800. The van der Waals surface area contributed by atoms with Crippen molar-refractivity contribution in [3.63, 3.8) is 0 Å². The molecule has 0 saturated heterocycles. The highest BCUT2D eigenvalue weighted by molar-refractivity contribution is 5.85. The van der Waals surface area contributed by atoms with Crippen molar-refractivity contribution in [2.75, 3.05) is 13.7 Å². The third-order valence-corrected chi connectivity index (χ3v) is 1.09. The largest absolute Gasteiger partial charge is 0.382 e. The molecule has 5 heteroatoms. The third-order valence-electron chi connectivity index (χ3n) is 1.09. The SMILES string of the molecule is COCC(C)(N)C(=O)NN. The number of methoxy groups -OCH3 is 1. The van der Waals surface area contributed by atoms with E-state index in [-0.39, 0.29) is 6.61 Å². The van der Waals surface area contributed by atoms with Crippen LogP contribution < -0.4 is 17.0 Å². The predicted octanol–water partition coefficient (Wildman–Crippen LogP) is -1.66. The lowest BCUT2D eigenvalue weighted by atomic mass is 10.1. The van der Waals surface area contributed by atoms with Crippen molar-refractivity contribution < 1.29 is 9.53 Å². The molecule has 10 heavy (non-hydrogen) atoms. The number of carbonyl (C=O) groups is 1. The first-order chi connectivity index (χ1) is 4.54. The molecule has 0 aromatic heterocycles. The quantitative estimate of drug-likeness (QED) is 0.253. The lowest BCUT2D eigenvalue weighted by Crippen LogP contribution is -2.56. The van der Waals surface area contributed by atoms with Crippen LogP contribution >= 0.6 is 0 Å². The Morgan fingerprint density at radius 1 is 1.80 bits per heavy atom. The molecule has 1 atom stereocenters. The Hall–Kier alpha value is -0.650. The van der Waals surface area contributed by atoms with Crippen molar-refractivity contribution in [2.24, 2.45) is 11.6 Å². The van der Waals surface area contributed by atoms with E-state index in [2.05, 4.69) is 4.74 Å². The minimum Gasteiger partial charge on any atom is -0.382 e. The van der Waals surface area contributed by atoms with Gasteiger partial charge >= 0.3 is 0 Å². The summed E-state index contributed by atoms with van der Waals surface area (Å²) < 4.78 is 4.69. The molecule has 0 fully saturated rings. The molecular weight excluding hydrogens is 134 g/mol. The lowest BCUT2D eigenvalue weighted by molar-refractivity contribution is -0.127. The zero-order valence-electron chi connectivity index (χ0n) is 6.18. The molecule has 1 amide bonds. The number of nitrogens with one attached hydrogen (secondary N) is 1. The van der Waals surface area contributed by atoms with Crippen LogP contribution in [0.25, 0.3) is 0 Å². The van der Waals surface area contributed by atoms with E-state index in [4.69, 9.17) is 11.6 Å². The van der Waals surface area contributed by atoms with Crippen molar-refractivity contribution in [3.8, 4) is 0 Å². The van der Waals surface area contributed by atoms with Crippen LogP contribution in [0.2, 0.25) is 0 Å². The maximum absolute atomic E-state index is 10.8.